The summed E-state index contributed by atoms with van der Waals surface area (Å²) in [7, 11) is -3.29. The maximum Gasteiger partial charge on any atom is 0.358 e. The van der Waals surface area contributed by atoms with Gasteiger partial charge in [0.1, 0.15) is 11.4 Å². The summed E-state index contributed by atoms with van der Waals surface area (Å²) >= 11 is 1.39. The number of aromatic nitrogens is 5. The molecular weight excluding hydrogens is 960 g/mol. The molecule has 1 aliphatic heterocycles. The van der Waals surface area contributed by atoms with E-state index in [2.05, 4.69) is 57.0 Å². The molecule has 17 heteroatoms. The summed E-state index contributed by atoms with van der Waals surface area (Å²) in [6.45, 7) is 27.9. The summed E-state index contributed by atoms with van der Waals surface area (Å²) in [4.78, 5) is 44.2. The summed E-state index contributed by atoms with van der Waals surface area (Å²) in [5.74, 6) is -0.105. The zero-order chi connectivity index (χ0) is 52.4. The standard InChI is InChI=1S/C56H77N8O7PS/c1-37-41(28-59-64(37)36-55-31-53(11)30-54(12,32-55)34-56(33-53,35-55)68-26-24-57-22-15-27-72(67,70-51(5,6)7)71-52(8,9)10)39-19-20-44(60-45(39)48(66)69-50(2,3)4)63-25-21-38-16-13-17-40(42(38)29-63)47(65)62-49-61-46-43(73-49)18-14-23-58-46/h13-14,16-20,23,28,57H,15,21-22,24-27,29-36H2,1-12H3,(H,58,61,62,65). The first-order chi connectivity index (χ1) is 34.1. The molecule has 15 nitrogen and oxygen atoms in total. The van der Waals surface area contributed by atoms with Crippen molar-refractivity contribution in [2.75, 3.05) is 42.6 Å². The van der Waals surface area contributed by atoms with Crippen LogP contribution in [0, 0.1) is 23.2 Å². The molecule has 2 N–H and O–H groups in total. The molecule has 4 bridgehead atoms. The van der Waals surface area contributed by atoms with Crippen LogP contribution in [0.15, 0.2) is 54.9 Å². The van der Waals surface area contributed by atoms with Gasteiger partial charge >= 0.3 is 13.6 Å². The Hall–Kier alpha value is -4.57. The van der Waals surface area contributed by atoms with E-state index in [1.165, 1.54) is 17.8 Å². The van der Waals surface area contributed by atoms with Gasteiger partial charge in [-0.3, -0.25) is 19.4 Å². The zero-order valence-electron chi connectivity index (χ0n) is 45.2. The highest BCUT2D eigenvalue weighted by Crippen LogP contribution is 2.72. The smallest absolute Gasteiger partial charge is 0.358 e. The second-order valence-corrected chi connectivity index (χ2v) is 28.4. The number of hydrogen-bond donors (Lipinski definition) is 2. The van der Waals surface area contributed by atoms with Crippen molar-refractivity contribution in [3.05, 3.63) is 82.9 Å². The number of benzene rings is 1. The average Bonchev–Trinajstić information content (AvgIpc) is 3.83. The number of nitrogens with zero attached hydrogens (tertiary/aromatic N) is 6. The Kier molecular flexibility index (Phi) is 14.3. The van der Waals surface area contributed by atoms with Crippen molar-refractivity contribution in [1.82, 2.24) is 30.0 Å². The molecule has 4 aromatic heterocycles. The fourth-order valence-electron chi connectivity index (χ4n) is 13.4. The van der Waals surface area contributed by atoms with Crippen LogP contribution in [0.5, 0.6) is 0 Å². The van der Waals surface area contributed by atoms with E-state index in [-0.39, 0.29) is 33.4 Å². The third-order valence-electron chi connectivity index (χ3n) is 14.5. The summed E-state index contributed by atoms with van der Waals surface area (Å²) in [6.07, 6.45) is 11.8. The van der Waals surface area contributed by atoms with Crippen molar-refractivity contribution in [2.45, 2.75) is 170 Å². The Morgan fingerprint density at radius 1 is 0.836 bits per heavy atom. The lowest BCUT2D eigenvalue weighted by Crippen LogP contribution is -2.64. The van der Waals surface area contributed by atoms with Gasteiger partial charge in [0.05, 0.1) is 40.5 Å². The van der Waals surface area contributed by atoms with Gasteiger partial charge in [0.2, 0.25) is 0 Å². The Morgan fingerprint density at radius 2 is 1.56 bits per heavy atom. The van der Waals surface area contributed by atoms with Gasteiger partial charge in [-0.15, -0.1) is 0 Å². The van der Waals surface area contributed by atoms with Gasteiger partial charge in [-0.05, 0) is 185 Å². The largest absolute Gasteiger partial charge is 0.455 e. The van der Waals surface area contributed by atoms with Crippen LogP contribution in [0.2, 0.25) is 0 Å². The molecule has 4 aliphatic carbocycles. The Balaban J connectivity index is 0.901. The van der Waals surface area contributed by atoms with Gasteiger partial charge in [0.15, 0.2) is 16.5 Å². The van der Waals surface area contributed by atoms with Gasteiger partial charge in [0, 0.05) is 54.8 Å². The molecule has 0 saturated heterocycles. The molecule has 2 unspecified atom stereocenters. The van der Waals surface area contributed by atoms with Crippen LogP contribution in [-0.4, -0.2) is 91.4 Å². The highest BCUT2D eigenvalue weighted by atomic mass is 32.1. The second-order valence-electron chi connectivity index (χ2n) is 25.3. The van der Waals surface area contributed by atoms with E-state index in [4.69, 9.17) is 28.6 Å². The van der Waals surface area contributed by atoms with Crippen LogP contribution in [0.3, 0.4) is 0 Å². The first-order valence-corrected chi connectivity index (χ1v) is 28.7. The molecule has 4 fully saturated rings. The van der Waals surface area contributed by atoms with Gasteiger partial charge < -0.3 is 28.7 Å². The second kappa shape index (κ2) is 19.5. The minimum absolute atomic E-state index is 0.0109. The van der Waals surface area contributed by atoms with E-state index < -0.39 is 30.4 Å². The molecule has 10 rings (SSSR count). The van der Waals surface area contributed by atoms with Crippen molar-refractivity contribution in [2.24, 2.45) is 16.2 Å². The van der Waals surface area contributed by atoms with Crippen molar-refractivity contribution >= 4 is 52.1 Å². The predicted molar refractivity (Wildman–Crippen MR) is 289 cm³/mol. The summed E-state index contributed by atoms with van der Waals surface area (Å²) in [6, 6.07) is 13.6. The quantitative estimate of drug-likeness (QED) is 0.0512. The molecule has 4 saturated carbocycles. The van der Waals surface area contributed by atoms with Crippen LogP contribution < -0.4 is 15.5 Å². The summed E-state index contributed by atoms with van der Waals surface area (Å²) < 4.78 is 41.9. The minimum atomic E-state index is -3.29. The highest BCUT2D eigenvalue weighted by Gasteiger charge is 2.66. The number of amides is 1. The van der Waals surface area contributed by atoms with Crippen LogP contribution in [-0.2, 0) is 42.6 Å². The molecule has 5 aromatic rings. The van der Waals surface area contributed by atoms with Gasteiger partial charge in [-0.25, -0.2) is 14.8 Å². The topological polar surface area (TPSA) is 172 Å². The van der Waals surface area contributed by atoms with Crippen LogP contribution in [0.4, 0.5) is 10.9 Å². The van der Waals surface area contributed by atoms with Gasteiger partial charge in [0.25, 0.3) is 5.91 Å². The number of carbonyl (C=O) groups is 2. The lowest BCUT2D eigenvalue weighted by molar-refractivity contribution is -0.247. The van der Waals surface area contributed by atoms with Crippen LogP contribution in [0.25, 0.3) is 21.5 Å². The maximum atomic E-state index is 14.3. The number of nitrogens with one attached hydrogen (secondary N) is 2. The van der Waals surface area contributed by atoms with E-state index in [0.29, 0.717) is 79.5 Å². The third kappa shape index (κ3) is 12.3. The van der Waals surface area contributed by atoms with E-state index in [9.17, 15) is 14.2 Å². The van der Waals surface area contributed by atoms with Crippen molar-refractivity contribution in [3.63, 3.8) is 0 Å². The van der Waals surface area contributed by atoms with E-state index in [1.807, 2.05) is 105 Å². The molecular formula is C56H77N8O7PS. The van der Waals surface area contributed by atoms with Gasteiger partial charge in [-0.1, -0.05) is 37.3 Å². The van der Waals surface area contributed by atoms with E-state index in [1.54, 1.807) is 6.20 Å². The van der Waals surface area contributed by atoms with Gasteiger partial charge in [-0.2, -0.15) is 10.1 Å². The number of thiazole rings is 1. The lowest BCUT2D eigenvalue weighted by atomic mass is 9.39. The normalized spacial score (nSPS) is 24.0. The predicted octanol–water partition coefficient (Wildman–Crippen LogP) is 12.0. The number of esters is 1. The number of fused-ring (bicyclic) bond motifs is 2. The number of hydrogen-bond acceptors (Lipinski definition) is 14. The highest BCUT2D eigenvalue weighted by molar-refractivity contribution is 7.53. The van der Waals surface area contributed by atoms with E-state index in [0.717, 1.165) is 65.7 Å². The number of carbonyl (C=O) groups excluding carboxylic acids is 2. The molecule has 2 atom stereocenters. The zero-order valence-corrected chi connectivity index (χ0v) is 46.9. The molecule has 5 heterocycles. The average molecular weight is 1040 g/mol. The summed E-state index contributed by atoms with van der Waals surface area (Å²) in [5.41, 5.74) is 4.09. The first kappa shape index (κ1) is 53.3. The van der Waals surface area contributed by atoms with Crippen LogP contribution >= 0.6 is 18.9 Å². The molecule has 5 aliphatic rings. The molecule has 0 spiro atoms. The Labute approximate surface area is 435 Å². The number of pyridine rings is 2. The lowest BCUT2D eigenvalue weighted by Gasteiger charge is -2.69. The molecule has 1 aromatic carbocycles. The number of rotatable bonds is 17. The van der Waals surface area contributed by atoms with Crippen LogP contribution in [0.1, 0.15) is 159 Å². The van der Waals surface area contributed by atoms with Crippen molar-refractivity contribution in [3.8, 4) is 11.1 Å². The fraction of sp³-hybridized carbons (Fsp3) is 0.607. The number of ether oxygens (including phenoxy) is 2. The van der Waals surface area contributed by atoms with E-state index >= 15 is 0 Å². The van der Waals surface area contributed by atoms with Crippen molar-refractivity contribution in [1.29, 1.82) is 0 Å². The molecule has 394 valence electrons. The first-order valence-electron chi connectivity index (χ1n) is 26.1. The minimum Gasteiger partial charge on any atom is -0.455 e. The maximum absolute atomic E-state index is 14.3. The van der Waals surface area contributed by atoms with Crippen molar-refractivity contribution < 1.29 is 32.7 Å². The fourth-order valence-corrected chi connectivity index (χ4v) is 16.7. The SMILES string of the molecule is Cc1c(-c2ccc(N3CCc4cccc(C(=O)Nc5nc6ncccc6s5)c4C3)nc2C(=O)OC(C)(C)C)cnn1CC12CC3(C)CC(C)(C1)CC(OCCNCCCP(=O)(OC(C)(C)C)OC(C)(C)C)(C3)C2. The molecule has 73 heavy (non-hydrogen) atoms. The third-order valence-corrected chi connectivity index (χ3v) is 18.0. The Morgan fingerprint density at radius 3 is 2.25 bits per heavy atom. The molecule has 0 radical (unpaired) electrons. The molecule has 1 amide bonds. The number of anilines is 2. The Bertz CT molecular complexity index is 2860. The monoisotopic (exact) mass is 1040 g/mol. The summed E-state index contributed by atoms with van der Waals surface area (Å²) in [5, 5.41) is 12.1.